The Hall–Kier alpha value is -1.38. The summed E-state index contributed by atoms with van der Waals surface area (Å²) in [5.41, 5.74) is 4.74. The molecule has 0 radical (unpaired) electrons. The number of aryl methyl sites for hydroxylation is 1. The standard InChI is InChI=1S/C7H9N3/c1-6-3-4-9-5-7(6)10-8-2/h3-5,10H,2H2,1H3. The highest BCUT2D eigenvalue weighted by atomic mass is 15.3. The van der Waals surface area contributed by atoms with Crippen LogP contribution in [0.4, 0.5) is 5.69 Å². The molecule has 0 aliphatic carbocycles. The molecule has 1 N–H and O–H groups in total. The van der Waals surface area contributed by atoms with Gasteiger partial charge in [0.25, 0.3) is 0 Å². The van der Waals surface area contributed by atoms with Crippen molar-refractivity contribution in [1.29, 1.82) is 0 Å². The van der Waals surface area contributed by atoms with E-state index in [1.54, 1.807) is 12.4 Å². The predicted octanol–water partition coefficient (Wildman–Crippen LogP) is 1.42. The lowest BCUT2D eigenvalue weighted by Crippen LogP contribution is -1.90. The highest BCUT2D eigenvalue weighted by molar-refractivity contribution is 5.48. The van der Waals surface area contributed by atoms with Crippen LogP contribution in [0.1, 0.15) is 5.56 Å². The topological polar surface area (TPSA) is 37.3 Å². The van der Waals surface area contributed by atoms with Crippen molar-refractivity contribution >= 4 is 12.4 Å². The van der Waals surface area contributed by atoms with Gasteiger partial charge in [-0.3, -0.25) is 10.4 Å². The first-order valence-corrected chi connectivity index (χ1v) is 2.97. The summed E-state index contributed by atoms with van der Waals surface area (Å²) in [4.78, 5) is 3.91. The Labute approximate surface area is 59.8 Å². The summed E-state index contributed by atoms with van der Waals surface area (Å²) < 4.78 is 0. The molecule has 52 valence electrons. The minimum atomic E-state index is 0.900. The second-order valence-electron chi connectivity index (χ2n) is 1.96. The van der Waals surface area contributed by atoms with E-state index in [1.807, 2.05) is 13.0 Å². The Morgan fingerprint density at radius 2 is 2.50 bits per heavy atom. The van der Waals surface area contributed by atoms with Crippen LogP contribution < -0.4 is 5.43 Å². The average Bonchev–Trinajstić information content (AvgIpc) is 1.94. The first-order chi connectivity index (χ1) is 4.84. The minimum Gasteiger partial charge on any atom is -0.277 e. The van der Waals surface area contributed by atoms with Crippen LogP contribution in [0.15, 0.2) is 23.6 Å². The van der Waals surface area contributed by atoms with Crippen molar-refractivity contribution < 1.29 is 0 Å². The maximum Gasteiger partial charge on any atom is 0.0773 e. The van der Waals surface area contributed by atoms with Gasteiger partial charge in [-0.1, -0.05) is 0 Å². The normalized spacial score (nSPS) is 8.90. The van der Waals surface area contributed by atoms with Crippen LogP contribution in [0.25, 0.3) is 0 Å². The maximum absolute atomic E-state index is 3.91. The molecule has 0 saturated carbocycles. The van der Waals surface area contributed by atoms with E-state index in [2.05, 4.69) is 22.2 Å². The maximum atomic E-state index is 3.91. The number of aromatic nitrogens is 1. The van der Waals surface area contributed by atoms with E-state index >= 15 is 0 Å². The molecule has 3 heteroatoms. The third-order valence-electron chi connectivity index (χ3n) is 1.24. The first-order valence-electron chi connectivity index (χ1n) is 2.97. The van der Waals surface area contributed by atoms with Crippen LogP contribution in [-0.2, 0) is 0 Å². The molecule has 3 nitrogen and oxygen atoms in total. The zero-order valence-corrected chi connectivity index (χ0v) is 5.83. The van der Waals surface area contributed by atoms with Crippen molar-refractivity contribution in [2.45, 2.75) is 6.92 Å². The lowest BCUT2D eigenvalue weighted by Gasteiger charge is -2.00. The molecule has 1 heterocycles. The fourth-order valence-corrected chi connectivity index (χ4v) is 0.666. The van der Waals surface area contributed by atoms with Crippen molar-refractivity contribution in [2.24, 2.45) is 5.10 Å². The quantitative estimate of drug-likeness (QED) is 0.492. The summed E-state index contributed by atoms with van der Waals surface area (Å²) in [7, 11) is 0. The largest absolute Gasteiger partial charge is 0.277 e. The van der Waals surface area contributed by atoms with Gasteiger partial charge in [0.2, 0.25) is 0 Å². The van der Waals surface area contributed by atoms with Gasteiger partial charge in [-0.2, -0.15) is 5.10 Å². The smallest absolute Gasteiger partial charge is 0.0773 e. The van der Waals surface area contributed by atoms with Gasteiger partial charge in [0.15, 0.2) is 0 Å². The molecule has 0 saturated heterocycles. The summed E-state index contributed by atoms with van der Waals surface area (Å²) in [6, 6.07) is 1.91. The molecule has 1 aromatic rings. The molecule has 0 fully saturated rings. The zero-order chi connectivity index (χ0) is 7.40. The molecular weight excluding hydrogens is 126 g/mol. The second kappa shape index (κ2) is 2.96. The number of hydrogen-bond acceptors (Lipinski definition) is 3. The third kappa shape index (κ3) is 1.31. The van der Waals surface area contributed by atoms with Gasteiger partial charge in [0.05, 0.1) is 11.9 Å². The molecule has 0 aromatic carbocycles. The molecule has 0 aliphatic heterocycles. The molecule has 0 unspecified atom stereocenters. The van der Waals surface area contributed by atoms with E-state index in [4.69, 9.17) is 0 Å². The zero-order valence-electron chi connectivity index (χ0n) is 5.83. The molecule has 0 amide bonds. The number of pyridine rings is 1. The van der Waals surface area contributed by atoms with E-state index in [0.717, 1.165) is 11.3 Å². The average molecular weight is 135 g/mol. The highest BCUT2D eigenvalue weighted by Crippen LogP contribution is 2.10. The molecule has 1 rings (SSSR count). The molecular formula is C7H9N3. The minimum absolute atomic E-state index is 0.900. The van der Waals surface area contributed by atoms with E-state index in [9.17, 15) is 0 Å². The fourth-order valence-electron chi connectivity index (χ4n) is 0.666. The van der Waals surface area contributed by atoms with Crippen molar-refractivity contribution in [2.75, 3.05) is 5.43 Å². The Morgan fingerprint density at radius 3 is 3.10 bits per heavy atom. The monoisotopic (exact) mass is 135 g/mol. The van der Waals surface area contributed by atoms with Crippen LogP contribution in [0.5, 0.6) is 0 Å². The van der Waals surface area contributed by atoms with Gasteiger partial charge in [-0.05, 0) is 18.6 Å². The number of hydrogen-bond donors (Lipinski definition) is 1. The van der Waals surface area contributed by atoms with Crippen molar-refractivity contribution in [3.05, 3.63) is 24.0 Å². The SMILES string of the molecule is C=NNc1cnccc1C. The van der Waals surface area contributed by atoms with Gasteiger partial charge in [-0.25, -0.2) is 0 Å². The third-order valence-corrected chi connectivity index (χ3v) is 1.24. The van der Waals surface area contributed by atoms with Crippen molar-refractivity contribution in [3.63, 3.8) is 0 Å². The number of rotatable bonds is 2. The van der Waals surface area contributed by atoms with Gasteiger partial charge >= 0.3 is 0 Å². The molecule has 0 atom stereocenters. The van der Waals surface area contributed by atoms with Gasteiger partial charge in [0.1, 0.15) is 0 Å². The summed E-state index contributed by atoms with van der Waals surface area (Å²) >= 11 is 0. The summed E-state index contributed by atoms with van der Waals surface area (Å²) in [5.74, 6) is 0. The van der Waals surface area contributed by atoms with Crippen LogP contribution in [0.3, 0.4) is 0 Å². The Balaban J connectivity index is 2.91. The van der Waals surface area contributed by atoms with Crippen molar-refractivity contribution in [1.82, 2.24) is 4.98 Å². The van der Waals surface area contributed by atoms with Gasteiger partial charge in [0, 0.05) is 12.9 Å². The van der Waals surface area contributed by atoms with E-state index in [0.29, 0.717) is 0 Å². The number of anilines is 1. The summed E-state index contributed by atoms with van der Waals surface area (Å²) in [6.07, 6.45) is 3.45. The molecule has 0 aliphatic rings. The highest BCUT2D eigenvalue weighted by Gasteiger charge is 1.91. The Bertz CT molecular complexity index is 232. The van der Waals surface area contributed by atoms with Crippen LogP contribution >= 0.6 is 0 Å². The second-order valence-corrected chi connectivity index (χ2v) is 1.96. The Kier molecular flexibility index (Phi) is 1.99. The number of hydrazone groups is 1. The van der Waals surface area contributed by atoms with Crippen LogP contribution in [-0.4, -0.2) is 11.7 Å². The van der Waals surface area contributed by atoms with Crippen LogP contribution in [0.2, 0.25) is 0 Å². The summed E-state index contributed by atoms with van der Waals surface area (Å²) in [6.45, 7) is 5.29. The van der Waals surface area contributed by atoms with E-state index in [-0.39, 0.29) is 0 Å². The predicted molar refractivity (Wildman–Crippen MR) is 42.1 cm³/mol. The van der Waals surface area contributed by atoms with Gasteiger partial charge in [-0.15, -0.1) is 0 Å². The van der Waals surface area contributed by atoms with E-state index < -0.39 is 0 Å². The molecule has 0 spiro atoms. The molecule has 10 heavy (non-hydrogen) atoms. The lowest BCUT2D eigenvalue weighted by atomic mass is 10.3. The van der Waals surface area contributed by atoms with Crippen molar-refractivity contribution in [3.8, 4) is 0 Å². The fraction of sp³-hybridized carbons (Fsp3) is 0.143. The first kappa shape index (κ1) is 6.74. The molecule has 1 aromatic heterocycles. The van der Waals surface area contributed by atoms with Gasteiger partial charge < -0.3 is 0 Å². The number of nitrogens with zero attached hydrogens (tertiary/aromatic N) is 2. The summed E-state index contributed by atoms with van der Waals surface area (Å²) in [5, 5.41) is 3.53. The lowest BCUT2D eigenvalue weighted by molar-refractivity contribution is 1.24. The van der Waals surface area contributed by atoms with E-state index in [1.165, 1.54) is 0 Å². The Morgan fingerprint density at radius 1 is 1.70 bits per heavy atom. The number of nitrogens with one attached hydrogen (secondary N) is 1. The van der Waals surface area contributed by atoms with Crippen LogP contribution in [0, 0.1) is 6.92 Å². The molecule has 0 bridgehead atoms.